The van der Waals surface area contributed by atoms with E-state index in [0.29, 0.717) is 57.9 Å². The molecular weight excluding hydrogens is 583 g/mol. The van der Waals surface area contributed by atoms with Crippen LogP contribution in [0.5, 0.6) is 5.75 Å². The first-order chi connectivity index (χ1) is 21.3. The predicted octanol–water partition coefficient (Wildman–Crippen LogP) is 5.78. The molecule has 2 atom stereocenters. The van der Waals surface area contributed by atoms with Crippen molar-refractivity contribution in [1.82, 2.24) is 19.8 Å². The second-order valence-corrected chi connectivity index (χ2v) is 13.2. The van der Waals surface area contributed by atoms with Crippen molar-refractivity contribution >= 4 is 45.6 Å². The molecule has 1 aromatic heterocycles. The minimum Gasteiger partial charge on any atom is -0.488 e. The van der Waals surface area contributed by atoms with Crippen LogP contribution in [-0.2, 0) is 9.53 Å². The Morgan fingerprint density at radius 2 is 1.93 bits per heavy atom. The standard InChI is InChI=1S/C33H38ClFN6O3/c1-40-11-8-33(9-12-40)16-24(17-33)44-30-15-28-25(32(37-20-36-28)38-21-4-7-27(35)26(34)13-21)14-29(30)39-31(42)3-2-10-41-22-5-6-23(41)19-43-18-22/h2-4,7,13-15,20,22-24H,5-6,8-12,16-19H2,1H3,(H,39,42)(H,36,37,38)/b3-2+. The van der Waals surface area contributed by atoms with Crippen molar-refractivity contribution < 1.29 is 18.7 Å². The third-order valence-electron chi connectivity index (χ3n) is 9.82. The number of amides is 1. The normalized spacial score (nSPS) is 23.7. The molecule has 1 saturated carbocycles. The Hall–Kier alpha value is -3.31. The largest absolute Gasteiger partial charge is 0.488 e. The van der Waals surface area contributed by atoms with Gasteiger partial charge in [-0.15, -0.1) is 0 Å². The predicted molar refractivity (Wildman–Crippen MR) is 169 cm³/mol. The van der Waals surface area contributed by atoms with Crippen LogP contribution in [0.15, 0.2) is 48.8 Å². The number of nitrogens with one attached hydrogen (secondary N) is 2. The molecule has 2 N–H and O–H groups in total. The Morgan fingerprint density at radius 3 is 2.68 bits per heavy atom. The van der Waals surface area contributed by atoms with E-state index in [1.165, 1.54) is 31.3 Å². The summed E-state index contributed by atoms with van der Waals surface area (Å²) in [7, 11) is 2.18. The smallest absolute Gasteiger partial charge is 0.248 e. The van der Waals surface area contributed by atoms with E-state index >= 15 is 0 Å². The molecule has 44 heavy (non-hydrogen) atoms. The van der Waals surface area contributed by atoms with Gasteiger partial charge in [0.1, 0.15) is 23.7 Å². The maximum atomic E-state index is 13.8. The lowest BCUT2D eigenvalue weighted by atomic mass is 9.61. The highest BCUT2D eigenvalue weighted by Gasteiger charge is 2.46. The van der Waals surface area contributed by atoms with E-state index in [0.717, 1.165) is 52.0 Å². The van der Waals surface area contributed by atoms with Crippen LogP contribution < -0.4 is 15.4 Å². The van der Waals surface area contributed by atoms with Crippen molar-refractivity contribution in [2.24, 2.45) is 5.41 Å². The Balaban J connectivity index is 1.12. The van der Waals surface area contributed by atoms with Crippen LogP contribution >= 0.6 is 11.6 Å². The van der Waals surface area contributed by atoms with E-state index in [-0.39, 0.29) is 17.0 Å². The molecule has 2 aromatic carbocycles. The maximum Gasteiger partial charge on any atom is 0.248 e. The molecule has 9 nitrogen and oxygen atoms in total. The van der Waals surface area contributed by atoms with E-state index in [9.17, 15) is 9.18 Å². The molecule has 232 valence electrons. The third-order valence-corrected chi connectivity index (χ3v) is 10.1. The summed E-state index contributed by atoms with van der Waals surface area (Å²) in [6.45, 7) is 4.48. The van der Waals surface area contributed by atoms with Gasteiger partial charge in [-0.05, 0) is 88.3 Å². The van der Waals surface area contributed by atoms with E-state index in [4.69, 9.17) is 21.1 Å². The second kappa shape index (κ2) is 12.2. The number of anilines is 3. The van der Waals surface area contributed by atoms with Crippen molar-refractivity contribution in [1.29, 1.82) is 0 Å². The number of rotatable bonds is 8. The zero-order chi connectivity index (χ0) is 30.3. The summed E-state index contributed by atoms with van der Waals surface area (Å²) < 4.78 is 26.0. The lowest BCUT2D eigenvalue weighted by molar-refractivity contribution is -0.112. The quantitative estimate of drug-likeness (QED) is 0.307. The number of carbonyl (C=O) groups is 1. The fraction of sp³-hybridized carbons (Fsp3) is 0.485. The SMILES string of the molecule is CN1CCC2(CC1)CC(Oc1cc3ncnc(Nc4ccc(F)c(Cl)c4)c3cc1NC(=O)/C=C/CN1C3CCC1COC3)C2. The molecule has 3 aromatic rings. The Bertz CT molecular complexity index is 1550. The molecule has 1 spiro atoms. The van der Waals surface area contributed by atoms with E-state index in [1.54, 1.807) is 12.1 Å². The fourth-order valence-corrected chi connectivity index (χ4v) is 7.41. The number of morpholine rings is 1. The van der Waals surface area contributed by atoms with E-state index < -0.39 is 5.82 Å². The minimum atomic E-state index is -0.496. The summed E-state index contributed by atoms with van der Waals surface area (Å²) in [5.41, 5.74) is 2.16. The number of aromatic nitrogens is 2. The van der Waals surface area contributed by atoms with Gasteiger partial charge in [-0.25, -0.2) is 14.4 Å². The summed E-state index contributed by atoms with van der Waals surface area (Å²) in [5, 5.41) is 6.97. The van der Waals surface area contributed by atoms with E-state index in [2.05, 4.69) is 37.4 Å². The number of halogens is 2. The topological polar surface area (TPSA) is 91.8 Å². The summed E-state index contributed by atoms with van der Waals surface area (Å²) in [6, 6.07) is 8.97. The zero-order valence-corrected chi connectivity index (χ0v) is 25.7. The number of likely N-dealkylation sites (tertiary alicyclic amines) is 1. The molecular formula is C33H38ClFN6O3. The average molecular weight is 621 g/mol. The highest BCUT2D eigenvalue weighted by molar-refractivity contribution is 6.31. The first-order valence-corrected chi connectivity index (χ1v) is 15.9. The van der Waals surface area contributed by atoms with Crippen molar-refractivity contribution in [3.05, 3.63) is 59.7 Å². The summed E-state index contributed by atoms with van der Waals surface area (Å²) >= 11 is 6.01. The molecule has 3 saturated heterocycles. The molecule has 7 rings (SSSR count). The van der Waals surface area contributed by atoms with Gasteiger partial charge in [0, 0.05) is 41.8 Å². The number of benzene rings is 2. The highest BCUT2D eigenvalue weighted by Crippen LogP contribution is 2.51. The van der Waals surface area contributed by atoms with Crippen molar-refractivity contribution in [2.45, 2.75) is 56.7 Å². The van der Waals surface area contributed by atoms with Gasteiger partial charge in [-0.2, -0.15) is 0 Å². The number of carbonyl (C=O) groups excluding carboxylic acids is 1. The van der Waals surface area contributed by atoms with Crippen molar-refractivity contribution in [3.63, 3.8) is 0 Å². The van der Waals surface area contributed by atoms with Gasteiger partial charge in [-0.1, -0.05) is 17.7 Å². The van der Waals surface area contributed by atoms with Crippen LogP contribution in [0, 0.1) is 11.2 Å². The van der Waals surface area contributed by atoms with Gasteiger partial charge in [-0.3, -0.25) is 9.69 Å². The van der Waals surface area contributed by atoms with Crippen LogP contribution in [0.2, 0.25) is 5.02 Å². The average Bonchev–Trinajstić information content (AvgIpc) is 3.20. The fourth-order valence-electron chi connectivity index (χ4n) is 7.23. The van der Waals surface area contributed by atoms with Gasteiger partial charge >= 0.3 is 0 Å². The van der Waals surface area contributed by atoms with Crippen LogP contribution in [0.3, 0.4) is 0 Å². The number of piperidine rings is 1. The Kier molecular flexibility index (Phi) is 8.17. The number of hydrogen-bond acceptors (Lipinski definition) is 8. The Morgan fingerprint density at radius 1 is 1.16 bits per heavy atom. The van der Waals surface area contributed by atoms with Crippen LogP contribution in [0.4, 0.5) is 21.6 Å². The molecule has 1 amide bonds. The van der Waals surface area contributed by atoms with Gasteiger partial charge in [0.25, 0.3) is 0 Å². The van der Waals surface area contributed by atoms with Crippen LogP contribution in [0.25, 0.3) is 10.9 Å². The third kappa shape index (κ3) is 6.13. The molecule has 2 unspecified atom stereocenters. The van der Waals surface area contributed by atoms with Crippen molar-refractivity contribution in [2.75, 3.05) is 50.5 Å². The molecule has 4 aliphatic rings. The maximum absolute atomic E-state index is 13.8. The highest BCUT2D eigenvalue weighted by atomic mass is 35.5. The van der Waals surface area contributed by atoms with Crippen LogP contribution in [0.1, 0.15) is 38.5 Å². The van der Waals surface area contributed by atoms with Gasteiger partial charge in [0.2, 0.25) is 5.91 Å². The first-order valence-electron chi connectivity index (χ1n) is 15.5. The molecule has 11 heteroatoms. The molecule has 3 aliphatic heterocycles. The van der Waals surface area contributed by atoms with Crippen molar-refractivity contribution in [3.8, 4) is 5.75 Å². The molecule has 1 aliphatic carbocycles. The molecule has 4 heterocycles. The number of ether oxygens (including phenoxy) is 2. The van der Waals surface area contributed by atoms with E-state index in [1.807, 2.05) is 18.2 Å². The Labute approximate surface area is 261 Å². The van der Waals surface area contributed by atoms with Crippen LogP contribution in [-0.4, -0.2) is 83.8 Å². The number of fused-ring (bicyclic) bond motifs is 3. The summed E-state index contributed by atoms with van der Waals surface area (Å²) in [5.74, 6) is 0.371. The number of nitrogens with zero attached hydrogens (tertiary/aromatic N) is 4. The van der Waals surface area contributed by atoms with Gasteiger partial charge in [0.15, 0.2) is 0 Å². The second-order valence-electron chi connectivity index (χ2n) is 12.8. The van der Waals surface area contributed by atoms with Gasteiger partial charge in [0.05, 0.1) is 35.5 Å². The molecule has 4 fully saturated rings. The zero-order valence-electron chi connectivity index (χ0n) is 24.9. The minimum absolute atomic E-state index is 0.0109. The monoisotopic (exact) mass is 620 g/mol. The molecule has 0 radical (unpaired) electrons. The lowest BCUT2D eigenvalue weighted by Crippen LogP contribution is -2.50. The first kappa shape index (κ1) is 29.4. The lowest BCUT2D eigenvalue weighted by Gasteiger charge is -2.51. The van der Waals surface area contributed by atoms with Gasteiger partial charge < -0.3 is 25.0 Å². The number of hydrogen-bond donors (Lipinski definition) is 2. The summed E-state index contributed by atoms with van der Waals surface area (Å²) in [6.07, 6.45) is 11.8. The molecule has 2 bridgehead atoms. The summed E-state index contributed by atoms with van der Waals surface area (Å²) in [4.78, 5) is 27.0.